The highest BCUT2D eigenvalue weighted by Gasteiger charge is 2.10. The predicted molar refractivity (Wildman–Crippen MR) is 68.6 cm³/mol. The molecule has 0 aliphatic heterocycles. The maximum Gasteiger partial charge on any atom is 0.337 e. The third-order valence-corrected chi connectivity index (χ3v) is 3.17. The van der Waals surface area contributed by atoms with Gasteiger partial charge in [0.2, 0.25) is 0 Å². The van der Waals surface area contributed by atoms with Crippen molar-refractivity contribution in [1.82, 2.24) is 4.72 Å². The van der Waals surface area contributed by atoms with Gasteiger partial charge in [-0.25, -0.2) is 4.79 Å². The zero-order chi connectivity index (χ0) is 13.6. The zero-order valence-electron chi connectivity index (χ0n) is 10.3. The molecule has 0 fully saturated rings. The molecule has 0 saturated heterocycles. The van der Waals surface area contributed by atoms with Crippen molar-refractivity contribution in [2.24, 2.45) is 0 Å². The summed E-state index contributed by atoms with van der Waals surface area (Å²) in [5.41, 5.74) is 0.592. The molecule has 0 unspecified atom stereocenters. The Balaban J connectivity index is 2.82. The fraction of sp³-hybridized carbons (Fsp3) is 0.364. The molecule has 0 spiro atoms. The van der Waals surface area contributed by atoms with Crippen LogP contribution in [0.1, 0.15) is 23.7 Å². The molecule has 0 bridgehead atoms. The number of benzene rings is 1. The number of rotatable bonds is 6. The molecule has 0 atom stereocenters. The van der Waals surface area contributed by atoms with Crippen molar-refractivity contribution in [2.45, 2.75) is 13.3 Å². The Bertz CT molecular complexity index is 514. The summed E-state index contributed by atoms with van der Waals surface area (Å²) in [7, 11) is -2.33. The summed E-state index contributed by atoms with van der Waals surface area (Å²) in [6.45, 7) is 2.21. The Hall–Kier alpha value is -1.60. The highest BCUT2D eigenvalue weighted by atomic mass is 32.2. The Kier molecular flexibility index (Phi) is 5.11. The third-order valence-electron chi connectivity index (χ3n) is 2.08. The zero-order valence-corrected chi connectivity index (χ0v) is 11.1. The van der Waals surface area contributed by atoms with Crippen molar-refractivity contribution in [2.75, 3.05) is 18.4 Å². The van der Waals surface area contributed by atoms with E-state index in [4.69, 9.17) is 0 Å². The van der Waals surface area contributed by atoms with E-state index in [1.807, 2.05) is 6.92 Å². The van der Waals surface area contributed by atoms with Gasteiger partial charge in [0, 0.05) is 6.54 Å². The van der Waals surface area contributed by atoms with Gasteiger partial charge >= 0.3 is 5.97 Å². The number of anilines is 1. The summed E-state index contributed by atoms with van der Waals surface area (Å²) in [6, 6.07) is 6.08. The van der Waals surface area contributed by atoms with Gasteiger partial charge in [-0.05, 0) is 24.6 Å². The molecule has 0 aliphatic rings. The number of hydrogen-bond donors (Lipinski definition) is 2. The molecule has 1 aromatic carbocycles. The minimum absolute atomic E-state index is 0.285. The van der Waals surface area contributed by atoms with Crippen molar-refractivity contribution < 1.29 is 17.9 Å². The molecule has 7 heteroatoms. The van der Waals surface area contributed by atoms with Crippen LogP contribution in [-0.2, 0) is 14.9 Å². The maximum absolute atomic E-state index is 11.6. The number of carbonyl (C=O) groups excluding carboxylic acids is 1. The van der Waals surface area contributed by atoms with Crippen molar-refractivity contribution in [3.63, 3.8) is 0 Å². The number of esters is 1. The fourth-order valence-electron chi connectivity index (χ4n) is 1.26. The van der Waals surface area contributed by atoms with Crippen LogP contribution >= 0.6 is 0 Å². The SMILES string of the molecule is CCCNS(=O)(=O)Nc1cccc(C(=O)OC)c1. The largest absolute Gasteiger partial charge is 0.465 e. The molecular formula is C11H16N2O4S. The highest BCUT2D eigenvalue weighted by Crippen LogP contribution is 2.12. The summed E-state index contributed by atoms with van der Waals surface area (Å²) in [4.78, 5) is 11.3. The smallest absolute Gasteiger partial charge is 0.337 e. The first-order valence-electron chi connectivity index (χ1n) is 5.44. The molecule has 2 N–H and O–H groups in total. The first-order chi connectivity index (χ1) is 8.48. The standard InChI is InChI=1S/C11H16N2O4S/c1-3-7-12-18(15,16)13-10-6-4-5-9(8-10)11(14)17-2/h4-6,8,12-13H,3,7H2,1-2H3. The van der Waals surface area contributed by atoms with Crippen LogP contribution in [0.25, 0.3) is 0 Å². The molecule has 0 radical (unpaired) electrons. The van der Waals surface area contributed by atoms with Crippen LogP contribution in [0.15, 0.2) is 24.3 Å². The molecule has 0 amide bonds. The molecule has 1 rings (SSSR count). The molecule has 18 heavy (non-hydrogen) atoms. The van der Waals surface area contributed by atoms with Crippen molar-refractivity contribution in [1.29, 1.82) is 0 Å². The van der Waals surface area contributed by atoms with E-state index in [2.05, 4.69) is 14.2 Å². The fourth-order valence-corrected chi connectivity index (χ4v) is 2.24. The summed E-state index contributed by atoms with van der Waals surface area (Å²) in [5.74, 6) is -0.516. The number of methoxy groups -OCH3 is 1. The molecule has 0 aliphatic carbocycles. The number of hydrogen-bond acceptors (Lipinski definition) is 4. The van der Waals surface area contributed by atoms with Gasteiger partial charge in [0.15, 0.2) is 0 Å². The average molecular weight is 272 g/mol. The average Bonchev–Trinajstić information content (AvgIpc) is 2.35. The van der Waals surface area contributed by atoms with Gasteiger partial charge in [-0.3, -0.25) is 4.72 Å². The van der Waals surface area contributed by atoms with E-state index in [0.717, 1.165) is 0 Å². The Labute approximate surface area is 107 Å². The van der Waals surface area contributed by atoms with E-state index in [9.17, 15) is 13.2 Å². The third kappa shape index (κ3) is 4.34. The van der Waals surface area contributed by atoms with Gasteiger partial charge in [0.05, 0.1) is 18.4 Å². The van der Waals surface area contributed by atoms with Gasteiger partial charge in [0.1, 0.15) is 0 Å². The minimum Gasteiger partial charge on any atom is -0.465 e. The summed E-state index contributed by atoms with van der Waals surface area (Å²) >= 11 is 0. The highest BCUT2D eigenvalue weighted by molar-refractivity contribution is 7.90. The lowest BCUT2D eigenvalue weighted by Crippen LogP contribution is -2.30. The molecule has 6 nitrogen and oxygen atoms in total. The Morgan fingerprint density at radius 1 is 1.39 bits per heavy atom. The Morgan fingerprint density at radius 3 is 2.72 bits per heavy atom. The second kappa shape index (κ2) is 6.36. The van der Waals surface area contributed by atoms with Crippen molar-refractivity contribution in [3.8, 4) is 0 Å². The second-order valence-corrected chi connectivity index (χ2v) is 5.07. The number of ether oxygens (including phenoxy) is 1. The minimum atomic E-state index is -3.60. The maximum atomic E-state index is 11.6. The molecule has 100 valence electrons. The van der Waals surface area contributed by atoms with E-state index in [1.165, 1.54) is 13.2 Å². The van der Waals surface area contributed by atoms with E-state index >= 15 is 0 Å². The summed E-state index contributed by atoms with van der Waals surface area (Å²) < 4.78 is 32.4. The van der Waals surface area contributed by atoms with E-state index in [-0.39, 0.29) is 5.56 Å². The van der Waals surface area contributed by atoms with Crippen LogP contribution in [-0.4, -0.2) is 28.0 Å². The predicted octanol–water partition coefficient (Wildman–Crippen LogP) is 1.13. The topological polar surface area (TPSA) is 84.5 Å². The molecule has 0 heterocycles. The second-order valence-electron chi connectivity index (χ2n) is 3.57. The monoisotopic (exact) mass is 272 g/mol. The lowest BCUT2D eigenvalue weighted by molar-refractivity contribution is 0.0601. The van der Waals surface area contributed by atoms with Gasteiger partial charge < -0.3 is 4.74 Å². The van der Waals surface area contributed by atoms with Crippen LogP contribution in [0, 0.1) is 0 Å². The van der Waals surface area contributed by atoms with Gasteiger partial charge in [-0.2, -0.15) is 13.1 Å². The van der Waals surface area contributed by atoms with Crippen LogP contribution in [0.5, 0.6) is 0 Å². The van der Waals surface area contributed by atoms with Gasteiger partial charge in [0.25, 0.3) is 10.2 Å². The number of nitrogens with one attached hydrogen (secondary N) is 2. The molecule has 1 aromatic rings. The Morgan fingerprint density at radius 2 is 2.11 bits per heavy atom. The lowest BCUT2D eigenvalue weighted by atomic mass is 10.2. The van der Waals surface area contributed by atoms with Crippen LogP contribution in [0.2, 0.25) is 0 Å². The van der Waals surface area contributed by atoms with Crippen molar-refractivity contribution >= 4 is 21.9 Å². The van der Waals surface area contributed by atoms with Crippen LogP contribution in [0.3, 0.4) is 0 Å². The molecule has 0 aromatic heterocycles. The van der Waals surface area contributed by atoms with E-state index in [1.54, 1.807) is 18.2 Å². The van der Waals surface area contributed by atoms with Gasteiger partial charge in [-0.15, -0.1) is 0 Å². The molecular weight excluding hydrogens is 256 g/mol. The normalized spacial score (nSPS) is 11.0. The lowest BCUT2D eigenvalue weighted by Gasteiger charge is -2.09. The number of carbonyl (C=O) groups is 1. The van der Waals surface area contributed by atoms with Gasteiger partial charge in [-0.1, -0.05) is 13.0 Å². The van der Waals surface area contributed by atoms with E-state index < -0.39 is 16.2 Å². The quantitative estimate of drug-likeness (QED) is 0.760. The molecule has 0 saturated carbocycles. The summed E-state index contributed by atoms with van der Waals surface area (Å²) in [5, 5.41) is 0. The van der Waals surface area contributed by atoms with Crippen LogP contribution in [0.4, 0.5) is 5.69 Å². The van der Waals surface area contributed by atoms with E-state index in [0.29, 0.717) is 18.7 Å². The first kappa shape index (κ1) is 14.5. The summed E-state index contributed by atoms with van der Waals surface area (Å²) in [6.07, 6.45) is 0.698. The van der Waals surface area contributed by atoms with Crippen LogP contribution < -0.4 is 9.44 Å². The van der Waals surface area contributed by atoms with Crippen molar-refractivity contribution in [3.05, 3.63) is 29.8 Å². The first-order valence-corrected chi connectivity index (χ1v) is 6.92.